The summed E-state index contributed by atoms with van der Waals surface area (Å²) >= 11 is 0. The van der Waals surface area contributed by atoms with Crippen molar-refractivity contribution < 1.29 is 13.2 Å². The van der Waals surface area contributed by atoms with Gasteiger partial charge in [-0.15, -0.1) is 0 Å². The molecule has 0 spiro atoms. The fourth-order valence-electron chi connectivity index (χ4n) is 1.66. The number of rotatable bonds is 3. The SMILES string of the molecule is FC(F)(F)c1cn[nH]c1CCc1ccccc1. The first-order chi connectivity index (χ1) is 8.07. The van der Waals surface area contributed by atoms with Gasteiger partial charge < -0.3 is 0 Å². The first kappa shape index (κ1) is 11.7. The minimum Gasteiger partial charge on any atom is -0.282 e. The lowest BCUT2D eigenvalue weighted by molar-refractivity contribution is -0.138. The Balaban J connectivity index is 2.08. The normalized spacial score (nSPS) is 11.7. The van der Waals surface area contributed by atoms with E-state index in [9.17, 15) is 13.2 Å². The summed E-state index contributed by atoms with van der Waals surface area (Å²) in [5, 5.41) is 5.87. The first-order valence-electron chi connectivity index (χ1n) is 5.21. The second-order valence-corrected chi connectivity index (χ2v) is 3.75. The van der Waals surface area contributed by atoms with Crippen molar-refractivity contribution in [1.29, 1.82) is 0 Å². The number of nitrogens with zero attached hydrogens (tertiary/aromatic N) is 1. The molecule has 5 heteroatoms. The monoisotopic (exact) mass is 240 g/mol. The molecule has 0 bridgehead atoms. The van der Waals surface area contributed by atoms with E-state index in [0.29, 0.717) is 12.8 Å². The Labute approximate surface area is 96.5 Å². The molecule has 0 amide bonds. The summed E-state index contributed by atoms with van der Waals surface area (Å²) < 4.78 is 37.6. The van der Waals surface area contributed by atoms with Gasteiger partial charge >= 0.3 is 6.18 Å². The third-order valence-corrected chi connectivity index (χ3v) is 2.53. The molecule has 0 atom stereocenters. The van der Waals surface area contributed by atoms with E-state index in [1.807, 2.05) is 30.3 Å². The molecule has 90 valence electrons. The number of aromatic nitrogens is 2. The maximum Gasteiger partial charge on any atom is 0.419 e. The van der Waals surface area contributed by atoms with Crippen molar-refractivity contribution in [1.82, 2.24) is 10.2 Å². The number of H-pyrrole nitrogens is 1. The van der Waals surface area contributed by atoms with Crippen LogP contribution >= 0.6 is 0 Å². The quantitative estimate of drug-likeness (QED) is 0.876. The second kappa shape index (κ2) is 4.61. The van der Waals surface area contributed by atoms with E-state index in [2.05, 4.69) is 10.2 Å². The molecule has 0 saturated heterocycles. The van der Waals surface area contributed by atoms with Gasteiger partial charge in [0.15, 0.2) is 0 Å². The van der Waals surface area contributed by atoms with Crippen LogP contribution in [0.2, 0.25) is 0 Å². The molecule has 0 unspecified atom stereocenters. The Morgan fingerprint density at radius 1 is 1.06 bits per heavy atom. The van der Waals surface area contributed by atoms with E-state index in [4.69, 9.17) is 0 Å². The van der Waals surface area contributed by atoms with E-state index < -0.39 is 11.7 Å². The zero-order valence-electron chi connectivity index (χ0n) is 8.96. The van der Waals surface area contributed by atoms with Gasteiger partial charge in [0, 0.05) is 5.69 Å². The standard InChI is InChI=1S/C12H11F3N2/c13-12(14,15)10-8-16-17-11(10)7-6-9-4-2-1-3-5-9/h1-5,8H,6-7H2,(H,16,17). The third kappa shape index (κ3) is 2.87. The molecule has 1 aromatic heterocycles. The number of alkyl halides is 3. The van der Waals surface area contributed by atoms with Crippen LogP contribution in [0.3, 0.4) is 0 Å². The highest BCUT2D eigenvalue weighted by Crippen LogP contribution is 2.31. The number of nitrogens with one attached hydrogen (secondary N) is 1. The van der Waals surface area contributed by atoms with Gasteiger partial charge in [0.2, 0.25) is 0 Å². The van der Waals surface area contributed by atoms with Crippen LogP contribution in [0.4, 0.5) is 13.2 Å². The van der Waals surface area contributed by atoms with Gasteiger partial charge in [-0.3, -0.25) is 5.10 Å². The van der Waals surface area contributed by atoms with Crippen molar-refractivity contribution in [3.63, 3.8) is 0 Å². The Kier molecular flexibility index (Phi) is 3.17. The van der Waals surface area contributed by atoms with Crippen molar-refractivity contribution in [2.24, 2.45) is 0 Å². The zero-order valence-corrected chi connectivity index (χ0v) is 8.96. The number of aryl methyl sites for hydroxylation is 2. The zero-order chi connectivity index (χ0) is 12.3. The summed E-state index contributed by atoms with van der Waals surface area (Å²) in [7, 11) is 0. The molecule has 0 radical (unpaired) electrons. The second-order valence-electron chi connectivity index (χ2n) is 3.75. The molecule has 0 saturated carbocycles. The van der Waals surface area contributed by atoms with Gasteiger partial charge in [0.1, 0.15) is 0 Å². The van der Waals surface area contributed by atoms with Crippen molar-refractivity contribution in [2.45, 2.75) is 19.0 Å². The number of benzene rings is 1. The summed E-state index contributed by atoms with van der Waals surface area (Å²) in [5.41, 5.74) is 0.477. The number of hydrogen-bond donors (Lipinski definition) is 1. The Morgan fingerprint density at radius 3 is 2.41 bits per heavy atom. The van der Waals surface area contributed by atoms with Crippen molar-refractivity contribution in [3.8, 4) is 0 Å². The van der Waals surface area contributed by atoms with E-state index in [1.165, 1.54) is 0 Å². The summed E-state index contributed by atoms with van der Waals surface area (Å²) in [6, 6.07) is 9.40. The number of hydrogen-bond acceptors (Lipinski definition) is 1. The van der Waals surface area contributed by atoms with Crippen LogP contribution in [0.5, 0.6) is 0 Å². The van der Waals surface area contributed by atoms with Crippen LogP contribution in [0.1, 0.15) is 16.8 Å². The Morgan fingerprint density at radius 2 is 1.76 bits per heavy atom. The van der Waals surface area contributed by atoms with Gasteiger partial charge in [-0.25, -0.2) is 0 Å². The molecule has 1 N–H and O–H groups in total. The van der Waals surface area contributed by atoms with Crippen LogP contribution in [-0.4, -0.2) is 10.2 Å². The molecule has 0 aliphatic carbocycles. The molecule has 0 fully saturated rings. The molecular formula is C12H11F3N2. The molecule has 1 aromatic carbocycles. The van der Waals surface area contributed by atoms with Crippen molar-refractivity contribution in [2.75, 3.05) is 0 Å². The lowest BCUT2D eigenvalue weighted by Gasteiger charge is -2.06. The fourth-order valence-corrected chi connectivity index (χ4v) is 1.66. The third-order valence-electron chi connectivity index (χ3n) is 2.53. The minimum atomic E-state index is -4.33. The summed E-state index contributed by atoms with van der Waals surface area (Å²) in [5.74, 6) is 0. The maximum absolute atomic E-state index is 12.5. The predicted molar refractivity (Wildman–Crippen MR) is 57.4 cm³/mol. The average molecular weight is 240 g/mol. The molecule has 2 nitrogen and oxygen atoms in total. The molecular weight excluding hydrogens is 229 g/mol. The van der Waals surface area contributed by atoms with Gasteiger partial charge in [-0.2, -0.15) is 18.3 Å². The van der Waals surface area contributed by atoms with Gasteiger partial charge in [0.05, 0.1) is 11.8 Å². The Hall–Kier alpha value is -1.78. The lowest BCUT2D eigenvalue weighted by atomic mass is 10.1. The first-order valence-corrected chi connectivity index (χ1v) is 5.21. The van der Waals surface area contributed by atoms with E-state index in [0.717, 1.165) is 11.8 Å². The molecule has 2 aromatic rings. The van der Waals surface area contributed by atoms with Crippen LogP contribution in [0, 0.1) is 0 Å². The topological polar surface area (TPSA) is 28.7 Å². The molecule has 0 aliphatic heterocycles. The summed E-state index contributed by atoms with van der Waals surface area (Å²) in [4.78, 5) is 0. The van der Waals surface area contributed by atoms with Crippen LogP contribution in [0.25, 0.3) is 0 Å². The summed E-state index contributed by atoms with van der Waals surface area (Å²) in [6.07, 6.45) is -2.63. The van der Waals surface area contributed by atoms with E-state index in [-0.39, 0.29) is 5.69 Å². The highest BCUT2D eigenvalue weighted by Gasteiger charge is 2.34. The summed E-state index contributed by atoms with van der Waals surface area (Å²) in [6.45, 7) is 0. The number of halogens is 3. The van der Waals surface area contributed by atoms with Crippen molar-refractivity contribution >= 4 is 0 Å². The smallest absolute Gasteiger partial charge is 0.282 e. The molecule has 2 rings (SSSR count). The van der Waals surface area contributed by atoms with Gasteiger partial charge in [-0.05, 0) is 18.4 Å². The van der Waals surface area contributed by atoms with Gasteiger partial charge in [0.25, 0.3) is 0 Å². The van der Waals surface area contributed by atoms with Crippen LogP contribution in [-0.2, 0) is 19.0 Å². The van der Waals surface area contributed by atoms with E-state index in [1.54, 1.807) is 0 Å². The lowest BCUT2D eigenvalue weighted by Crippen LogP contribution is -2.08. The van der Waals surface area contributed by atoms with Crippen LogP contribution in [0.15, 0.2) is 36.5 Å². The Bertz CT molecular complexity index is 474. The van der Waals surface area contributed by atoms with Crippen molar-refractivity contribution in [3.05, 3.63) is 53.3 Å². The van der Waals surface area contributed by atoms with Crippen LogP contribution < -0.4 is 0 Å². The fraction of sp³-hybridized carbons (Fsp3) is 0.250. The van der Waals surface area contributed by atoms with E-state index >= 15 is 0 Å². The maximum atomic E-state index is 12.5. The molecule has 17 heavy (non-hydrogen) atoms. The average Bonchev–Trinajstić information content (AvgIpc) is 2.75. The predicted octanol–water partition coefficient (Wildman–Crippen LogP) is 3.21. The minimum absolute atomic E-state index is 0.140. The largest absolute Gasteiger partial charge is 0.419 e. The highest BCUT2D eigenvalue weighted by molar-refractivity contribution is 5.22. The molecule has 0 aliphatic rings. The molecule has 1 heterocycles. The number of aromatic amines is 1. The highest BCUT2D eigenvalue weighted by atomic mass is 19.4. The van der Waals surface area contributed by atoms with Gasteiger partial charge in [-0.1, -0.05) is 30.3 Å².